The summed E-state index contributed by atoms with van der Waals surface area (Å²) < 4.78 is 5.82. The number of benzene rings is 2. The van der Waals surface area contributed by atoms with Crippen molar-refractivity contribution >= 4 is 34.4 Å². The summed E-state index contributed by atoms with van der Waals surface area (Å²) >= 11 is 6.15. The van der Waals surface area contributed by atoms with Crippen LogP contribution in [0.3, 0.4) is 0 Å². The van der Waals surface area contributed by atoms with Crippen molar-refractivity contribution in [3.05, 3.63) is 65.2 Å². The number of oxazole rings is 1. The van der Waals surface area contributed by atoms with E-state index >= 15 is 0 Å². The molecular formula is C18H17ClN2O. The number of rotatable bonds is 5. The predicted molar refractivity (Wildman–Crippen MR) is 92.0 cm³/mol. The van der Waals surface area contributed by atoms with Gasteiger partial charge >= 0.3 is 0 Å². The number of hydrogen-bond donors (Lipinski definition) is 1. The van der Waals surface area contributed by atoms with E-state index in [0.717, 1.165) is 35.2 Å². The molecule has 0 aliphatic rings. The lowest BCUT2D eigenvalue weighted by Gasteiger charge is -2.02. The Kier molecular flexibility index (Phi) is 4.16. The van der Waals surface area contributed by atoms with Crippen LogP contribution in [-0.4, -0.2) is 4.98 Å². The van der Waals surface area contributed by atoms with Gasteiger partial charge in [-0.1, -0.05) is 35.9 Å². The molecule has 0 aliphatic heterocycles. The van der Waals surface area contributed by atoms with Crippen LogP contribution in [0.25, 0.3) is 11.1 Å². The second-order valence-electron chi connectivity index (χ2n) is 5.21. The molecule has 112 valence electrons. The molecule has 1 aromatic heterocycles. The molecule has 0 spiro atoms. The first-order chi connectivity index (χ1) is 10.7. The van der Waals surface area contributed by atoms with Crippen molar-refractivity contribution in [2.24, 2.45) is 0 Å². The zero-order valence-electron chi connectivity index (χ0n) is 12.4. The average molecular weight is 313 g/mol. The molecule has 0 radical (unpaired) electrons. The molecule has 3 nitrogen and oxygen atoms in total. The third-order valence-electron chi connectivity index (χ3n) is 3.50. The minimum Gasteiger partial charge on any atom is -0.423 e. The van der Waals surface area contributed by atoms with E-state index in [0.29, 0.717) is 11.0 Å². The number of halogens is 1. The molecule has 0 atom stereocenters. The van der Waals surface area contributed by atoms with Gasteiger partial charge in [-0.25, -0.2) is 0 Å². The highest BCUT2D eigenvalue weighted by atomic mass is 35.5. The van der Waals surface area contributed by atoms with Crippen molar-refractivity contribution in [1.29, 1.82) is 0 Å². The van der Waals surface area contributed by atoms with Gasteiger partial charge in [0.1, 0.15) is 5.52 Å². The predicted octanol–water partition coefficient (Wildman–Crippen LogP) is 5.65. The molecule has 0 amide bonds. The highest BCUT2D eigenvalue weighted by molar-refractivity contribution is 6.33. The fourth-order valence-corrected chi connectivity index (χ4v) is 2.60. The van der Waals surface area contributed by atoms with Gasteiger partial charge in [0.25, 0.3) is 6.01 Å². The van der Waals surface area contributed by atoms with E-state index in [1.54, 1.807) is 0 Å². The number of aryl methyl sites for hydroxylation is 2. The Hall–Kier alpha value is -2.26. The monoisotopic (exact) mass is 312 g/mol. The Labute approximate surface area is 134 Å². The first-order valence-electron chi connectivity index (χ1n) is 7.20. The molecule has 0 bridgehead atoms. The van der Waals surface area contributed by atoms with Crippen LogP contribution in [0.2, 0.25) is 5.02 Å². The standard InChI is InChI=1S/C18H17ClN2O/c1-3-4-7-13-10-12(2)17-16(11-13)22-18(21-17)20-15-9-6-5-8-14(15)19/h3,5-6,8-11H,1,4,7H2,2H3,(H,20,21). The van der Waals surface area contributed by atoms with Crippen LogP contribution in [0, 0.1) is 6.92 Å². The minimum atomic E-state index is 0.451. The molecule has 1 heterocycles. The normalized spacial score (nSPS) is 10.8. The van der Waals surface area contributed by atoms with Crippen molar-refractivity contribution in [3.63, 3.8) is 0 Å². The number of fused-ring (bicyclic) bond motifs is 1. The number of para-hydroxylation sites is 1. The summed E-state index contributed by atoms with van der Waals surface area (Å²) in [6.45, 7) is 5.80. The summed E-state index contributed by atoms with van der Waals surface area (Å²) in [5.41, 5.74) is 4.77. The number of hydrogen-bond acceptors (Lipinski definition) is 3. The van der Waals surface area contributed by atoms with Crippen LogP contribution >= 0.6 is 11.6 Å². The van der Waals surface area contributed by atoms with Crippen LogP contribution in [0.1, 0.15) is 17.5 Å². The van der Waals surface area contributed by atoms with Gasteiger partial charge < -0.3 is 9.73 Å². The number of anilines is 2. The van der Waals surface area contributed by atoms with E-state index in [1.165, 1.54) is 5.56 Å². The van der Waals surface area contributed by atoms with E-state index in [4.69, 9.17) is 16.0 Å². The van der Waals surface area contributed by atoms with Gasteiger partial charge in [-0.05, 0) is 49.1 Å². The zero-order chi connectivity index (χ0) is 15.5. The van der Waals surface area contributed by atoms with Crippen molar-refractivity contribution in [2.45, 2.75) is 19.8 Å². The molecule has 0 saturated carbocycles. The highest BCUT2D eigenvalue weighted by Crippen LogP contribution is 2.29. The van der Waals surface area contributed by atoms with Gasteiger partial charge in [0, 0.05) is 0 Å². The average Bonchev–Trinajstić information content (AvgIpc) is 2.91. The van der Waals surface area contributed by atoms with Crippen molar-refractivity contribution in [3.8, 4) is 0 Å². The van der Waals surface area contributed by atoms with Gasteiger partial charge in [0.2, 0.25) is 0 Å². The summed E-state index contributed by atoms with van der Waals surface area (Å²) in [5, 5.41) is 3.76. The summed E-state index contributed by atoms with van der Waals surface area (Å²) in [4.78, 5) is 4.51. The lowest BCUT2D eigenvalue weighted by atomic mass is 10.1. The summed E-state index contributed by atoms with van der Waals surface area (Å²) in [7, 11) is 0. The highest BCUT2D eigenvalue weighted by Gasteiger charge is 2.11. The lowest BCUT2D eigenvalue weighted by Crippen LogP contribution is -1.90. The van der Waals surface area contributed by atoms with Gasteiger partial charge in [-0.15, -0.1) is 6.58 Å². The molecule has 22 heavy (non-hydrogen) atoms. The third kappa shape index (κ3) is 3.00. The molecule has 2 aromatic carbocycles. The van der Waals surface area contributed by atoms with E-state index in [-0.39, 0.29) is 0 Å². The Balaban J connectivity index is 1.94. The second kappa shape index (κ2) is 6.24. The Morgan fingerprint density at radius 3 is 2.91 bits per heavy atom. The van der Waals surface area contributed by atoms with E-state index < -0.39 is 0 Å². The van der Waals surface area contributed by atoms with Crippen molar-refractivity contribution < 1.29 is 4.42 Å². The van der Waals surface area contributed by atoms with Gasteiger partial charge in [-0.3, -0.25) is 0 Å². The third-order valence-corrected chi connectivity index (χ3v) is 3.83. The maximum absolute atomic E-state index is 6.15. The SMILES string of the molecule is C=CCCc1cc(C)c2nc(Nc3ccccc3Cl)oc2c1. The number of nitrogens with zero attached hydrogens (tertiary/aromatic N) is 1. The molecule has 3 rings (SSSR count). The lowest BCUT2D eigenvalue weighted by molar-refractivity contribution is 0.622. The van der Waals surface area contributed by atoms with Gasteiger partial charge in [0.15, 0.2) is 5.58 Å². The van der Waals surface area contributed by atoms with Gasteiger partial charge in [-0.2, -0.15) is 4.98 Å². The number of aromatic nitrogens is 1. The number of allylic oxidation sites excluding steroid dienone is 1. The Bertz CT molecular complexity index is 823. The summed E-state index contributed by atoms with van der Waals surface area (Å²) in [6.07, 6.45) is 3.82. The topological polar surface area (TPSA) is 38.1 Å². The van der Waals surface area contributed by atoms with Crippen molar-refractivity contribution in [2.75, 3.05) is 5.32 Å². The van der Waals surface area contributed by atoms with Gasteiger partial charge in [0.05, 0.1) is 10.7 Å². The first-order valence-corrected chi connectivity index (χ1v) is 7.57. The van der Waals surface area contributed by atoms with Crippen LogP contribution < -0.4 is 5.32 Å². The molecule has 4 heteroatoms. The maximum atomic E-state index is 6.15. The molecule has 0 unspecified atom stereocenters. The fourth-order valence-electron chi connectivity index (χ4n) is 2.41. The smallest absolute Gasteiger partial charge is 0.300 e. The minimum absolute atomic E-state index is 0.451. The largest absolute Gasteiger partial charge is 0.423 e. The molecular weight excluding hydrogens is 296 g/mol. The van der Waals surface area contributed by atoms with Crippen LogP contribution in [0.15, 0.2) is 53.5 Å². The molecule has 0 fully saturated rings. The van der Waals surface area contributed by atoms with Crippen molar-refractivity contribution in [1.82, 2.24) is 4.98 Å². The van der Waals surface area contributed by atoms with E-state index in [9.17, 15) is 0 Å². The van der Waals surface area contributed by atoms with Crippen LogP contribution in [-0.2, 0) is 6.42 Å². The summed E-state index contributed by atoms with van der Waals surface area (Å²) in [5.74, 6) is 0. The Morgan fingerprint density at radius 2 is 2.14 bits per heavy atom. The Morgan fingerprint density at radius 1 is 1.32 bits per heavy atom. The summed E-state index contributed by atoms with van der Waals surface area (Å²) in [6, 6.07) is 12.1. The van der Waals surface area contributed by atoms with Crippen LogP contribution in [0.4, 0.5) is 11.7 Å². The zero-order valence-corrected chi connectivity index (χ0v) is 13.2. The first kappa shape index (κ1) is 14.7. The molecule has 0 aliphatic carbocycles. The number of nitrogens with one attached hydrogen (secondary N) is 1. The fraction of sp³-hybridized carbons (Fsp3) is 0.167. The van der Waals surface area contributed by atoms with Crippen LogP contribution in [0.5, 0.6) is 0 Å². The van der Waals surface area contributed by atoms with E-state index in [1.807, 2.05) is 43.3 Å². The molecule has 3 aromatic rings. The molecule has 1 N–H and O–H groups in total. The maximum Gasteiger partial charge on any atom is 0.300 e. The van der Waals surface area contributed by atoms with E-state index in [2.05, 4.69) is 22.9 Å². The second-order valence-corrected chi connectivity index (χ2v) is 5.62. The molecule has 0 saturated heterocycles. The quantitative estimate of drug-likeness (QED) is 0.618.